The van der Waals surface area contributed by atoms with E-state index in [-0.39, 0.29) is 10.8 Å². The maximum absolute atomic E-state index is 12.8. The van der Waals surface area contributed by atoms with Crippen molar-refractivity contribution in [2.24, 2.45) is 0 Å². The van der Waals surface area contributed by atoms with Crippen LogP contribution in [-0.4, -0.2) is 20.9 Å². The molecule has 0 unspecified atom stereocenters. The zero-order valence-electron chi connectivity index (χ0n) is 18.1. The number of ether oxygens (including phenoxy) is 1. The molecule has 2 N–H and O–H groups in total. The van der Waals surface area contributed by atoms with Gasteiger partial charge >= 0.3 is 0 Å². The third-order valence-corrected chi connectivity index (χ3v) is 6.43. The van der Waals surface area contributed by atoms with Crippen molar-refractivity contribution < 1.29 is 17.9 Å². The highest BCUT2D eigenvalue weighted by Gasteiger charge is 2.17. The summed E-state index contributed by atoms with van der Waals surface area (Å²) in [6, 6.07) is 16.8. The number of benzene rings is 3. The topological polar surface area (TPSA) is 84.5 Å². The maximum Gasteiger partial charge on any atom is 0.261 e. The summed E-state index contributed by atoms with van der Waals surface area (Å²) in [6.07, 6.45) is 0.823. The van der Waals surface area contributed by atoms with Crippen molar-refractivity contribution in [3.8, 4) is 5.75 Å². The molecule has 0 atom stereocenters. The lowest BCUT2D eigenvalue weighted by Crippen LogP contribution is -2.15. The lowest BCUT2D eigenvalue weighted by molar-refractivity contribution is 0.102. The first kappa shape index (κ1) is 23.8. The molecule has 6 nitrogen and oxygen atoms in total. The van der Waals surface area contributed by atoms with Gasteiger partial charge in [-0.15, -0.1) is 0 Å². The molecular weight excluding hydrogens is 492 g/mol. The number of halogens is 1. The van der Waals surface area contributed by atoms with E-state index in [1.54, 1.807) is 36.4 Å². The molecule has 1 amide bonds. The number of amides is 1. The van der Waals surface area contributed by atoms with E-state index in [0.29, 0.717) is 29.3 Å². The van der Waals surface area contributed by atoms with E-state index < -0.39 is 10.0 Å². The van der Waals surface area contributed by atoms with Crippen LogP contribution in [-0.2, 0) is 10.0 Å². The van der Waals surface area contributed by atoms with Gasteiger partial charge in [0.05, 0.1) is 17.1 Å². The molecule has 0 heterocycles. The molecule has 3 aromatic rings. The highest BCUT2D eigenvalue weighted by Crippen LogP contribution is 2.25. The van der Waals surface area contributed by atoms with Crippen LogP contribution in [0.4, 0.5) is 11.4 Å². The Kier molecular flexibility index (Phi) is 7.58. The molecule has 0 radical (unpaired) electrons. The van der Waals surface area contributed by atoms with E-state index >= 15 is 0 Å². The van der Waals surface area contributed by atoms with Gasteiger partial charge in [-0.25, -0.2) is 8.42 Å². The van der Waals surface area contributed by atoms with Crippen molar-refractivity contribution >= 4 is 43.2 Å². The van der Waals surface area contributed by atoms with Crippen LogP contribution in [0.3, 0.4) is 0 Å². The van der Waals surface area contributed by atoms with Crippen LogP contribution in [0.15, 0.2) is 70.0 Å². The Labute approximate surface area is 197 Å². The summed E-state index contributed by atoms with van der Waals surface area (Å²) < 4.78 is 34.5. The number of carbonyl (C=O) groups excluding carboxylic acids is 1. The lowest BCUT2D eigenvalue weighted by Gasteiger charge is -2.13. The van der Waals surface area contributed by atoms with Crippen LogP contribution in [0.2, 0.25) is 0 Å². The Morgan fingerprint density at radius 3 is 2.22 bits per heavy atom. The van der Waals surface area contributed by atoms with Crippen LogP contribution < -0.4 is 14.8 Å². The van der Waals surface area contributed by atoms with Crippen molar-refractivity contribution in [2.45, 2.75) is 32.1 Å². The van der Waals surface area contributed by atoms with Gasteiger partial charge in [0.2, 0.25) is 0 Å². The number of hydrogen-bond acceptors (Lipinski definition) is 4. The zero-order valence-corrected chi connectivity index (χ0v) is 20.5. The second kappa shape index (κ2) is 10.2. The SMILES string of the molecule is CCCOc1ccc(Br)cc1C(=O)Nc1ccc(S(=O)(=O)Nc2cc(C)cc(C)c2)cc1. The molecule has 0 aliphatic rings. The van der Waals surface area contributed by atoms with E-state index in [1.807, 2.05) is 32.9 Å². The summed E-state index contributed by atoms with van der Waals surface area (Å²) >= 11 is 3.38. The number of anilines is 2. The van der Waals surface area contributed by atoms with Crippen molar-refractivity contribution in [1.82, 2.24) is 0 Å². The molecule has 0 saturated carbocycles. The minimum Gasteiger partial charge on any atom is -0.493 e. The molecule has 0 saturated heterocycles. The molecule has 3 rings (SSSR count). The van der Waals surface area contributed by atoms with Crippen molar-refractivity contribution in [2.75, 3.05) is 16.6 Å². The number of hydrogen-bond donors (Lipinski definition) is 2. The highest BCUT2D eigenvalue weighted by molar-refractivity contribution is 9.10. The highest BCUT2D eigenvalue weighted by atomic mass is 79.9. The van der Waals surface area contributed by atoms with Crippen LogP contribution in [0.25, 0.3) is 0 Å². The smallest absolute Gasteiger partial charge is 0.261 e. The van der Waals surface area contributed by atoms with Crippen LogP contribution in [0.5, 0.6) is 5.75 Å². The van der Waals surface area contributed by atoms with Crippen molar-refractivity contribution in [3.05, 3.63) is 81.8 Å². The summed E-state index contributed by atoms with van der Waals surface area (Å²) in [4.78, 5) is 12.9. The first-order valence-corrected chi connectivity index (χ1v) is 12.4. The number of nitrogens with one attached hydrogen (secondary N) is 2. The van der Waals surface area contributed by atoms with E-state index in [9.17, 15) is 13.2 Å². The standard InChI is InChI=1S/C24H25BrN2O4S/c1-4-11-31-23-10-5-18(25)15-22(23)24(28)26-19-6-8-21(9-7-19)32(29,30)27-20-13-16(2)12-17(3)14-20/h5-10,12-15,27H,4,11H2,1-3H3,(H,26,28). The molecule has 3 aromatic carbocycles. The molecule has 0 spiro atoms. The Morgan fingerprint density at radius 2 is 1.59 bits per heavy atom. The molecule has 32 heavy (non-hydrogen) atoms. The monoisotopic (exact) mass is 516 g/mol. The number of rotatable bonds is 8. The summed E-state index contributed by atoms with van der Waals surface area (Å²) in [7, 11) is -3.76. The Morgan fingerprint density at radius 1 is 0.938 bits per heavy atom. The van der Waals surface area contributed by atoms with Gasteiger partial charge in [0.15, 0.2) is 0 Å². The maximum atomic E-state index is 12.8. The van der Waals surface area contributed by atoms with Crippen LogP contribution in [0, 0.1) is 13.8 Å². The summed E-state index contributed by atoms with van der Waals surface area (Å²) in [5, 5.41) is 2.79. The van der Waals surface area contributed by atoms with Gasteiger partial charge in [0, 0.05) is 15.8 Å². The van der Waals surface area contributed by atoms with E-state index in [0.717, 1.165) is 22.0 Å². The fourth-order valence-corrected chi connectivity index (χ4v) is 4.58. The second-order valence-electron chi connectivity index (χ2n) is 7.45. The molecule has 0 aliphatic carbocycles. The number of sulfonamides is 1. The molecule has 168 valence electrons. The van der Waals surface area contributed by atoms with E-state index in [2.05, 4.69) is 26.0 Å². The van der Waals surface area contributed by atoms with Gasteiger partial charge in [0.1, 0.15) is 5.75 Å². The second-order valence-corrected chi connectivity index (χ2v) is 10.0. The van der Waals surface area contributed by atoms with Crippen LogP contribution >= 0.6 is 15.9 Å². The lowest BCUT2D eigenvalue weighted by atomic mass is 10.1. The molecule has 0 aromatic heterocycles. The normalized spacial score (nSPS) is 11.1. The van der Waals surface area contributed by atoms with Gasteiger partial charge in [0.25, 0.3) is 15.9 Å². The van der Waals surface area contributed by atoms with Gasteiger partial charge < -0.3 is 10.1 Å². The fourth-order valence-electron chi connectivity index (χ4n) is 3.18. The predicted octanol–water partition coefficient (Wildman–Crippen LogP) is 5.91. The predicted molar refractivity (Wildman–Crippen MR) is 131 cm³/mol. The number of carbonyl (C=O) groups is 1. The number of aryl methyl sites for hydroxylation is 2. The minimum absolute atomic E-state index is 0.101. The zero-order chi connectivity index (χ0) is 23.3. The first-order valence-electron chi connectivity index (χ1n) is 10.1. The largest absolute Gasteiger partial charge is 0.493 e. The molecule has 0 fully saturated rings. The van der Waals surface area contributed by atoms with Gasteiger partial charge in [-0.1, -0.05) is 28.9 Å². The van der Waals surface area contributed by atoms with Crippen molar-refractivity contribution in [1.29, 1.82) is 0 Å². The average molecular weight is 517 g/mol. The Balaban J connectivity index is 1.76. The van der Waals surface area contributed by atoms with Crippen molar-refractivity contribution in [3.63, 3.8) is 0 Å². The quantitative estimate of drug-likeness (QED) is 0.389. The first-order chi connectivity index (χ1) is 15.2. The molecule has 0 bridgehead atoms. The molecule has 8 heteroatoms. The summed E-state index contributed by atoms with van der Waals surface area (Å²) in [5.74, 6) is 0.144. The van der Waals surface area contributed by atoms with Gasteiger partial charge in [-0.3, -0.25) is 9.52 Å². The molecular formula is C24H25BrN2O4S. The summed E-state index contributed by atoms with van der Waals surface area (Å²) in [6.45, 7) is 6.31. The third-order valence-electron chi connectivity index (χ3n) is 4.54. The van der Waals surface area contributed by atoms with Crippen LogP contribution in [0.1, 0.15) is 34.8 Å². The minimum atomic E-state index is -3.76. The van der Waals surface area contributed by atoms with Gasteiger partial charge in [-0.2, -0.15) is 0 Å². The Bertz CT molecular complexity index is 1200. The Hall–Kier alpha value is -2.84. The fraction of sp³-hybridized carbons (Fsp3) is 0.208. The van der Waals surface area contributed by atoms with E-state index in [4.69, 9.17) is 4.74 Å². The molecule has 0 aliphatic heterocycles. The average Bonchev–Trinajstić information content (AvgIpc) is 2.72. The van der Waals surface area contributed by atoms with Gasteiger partial charge in [-0.05, 0) is 86.0 Å². The third kappa shape index (κ3) is 6.11. The summed E-state index contributed by atoms with van der Waals surface area (Å²) in [5.41, 5.74) is 3.31. The van der Waals surface area contributed by atoms with E-state index in [1.165, 1.54) is 12.1 Å².